The fourth-order valence-electron chi connectivity index (χ4n) is 3.93. The standard InChI is InChI=1S/C16H18O4/c17-7-12-5-15-16(20-9-19-15)6-14(12)18-8-13-4-10-1-2-11(13)3-10/h5-7,10-11,13H,1-4,8-9H2. The number of fused-ring (bicyclic) bond motifs is 3. The summed E-state index contributed by atoms with van der Waals surface area (Å²) in [6.07, 6.45) is 6.21. The maximum Gasteiger partial charge on any atom is 0.231 e. The summed E-state index contributed by atoms with van der Waals surface area (Å²) in [6, 6.07) is 3.48. The van der Waals surface area contributed by atoms with Crippen LogP contribution in [-0.2, 0) is 0 Å². The second-order valence-corrected chi connectivity index (χ2v) is 6.11. The average Bonchev–Trinajstić information content (AvgIpc) is 3.19. The Kier molecular flexibility index (Phi) is 2.83. The van der Waals surface area contributed by atoms with E-state index in [0.29, 0.717) is 35.3 Å². The molecule has 2 bridgehead atoms. The number of hydrogen-bond acceptors (Lipinski definition) is 4. The quantitative estimate of drug-likeness (QED) is 0.792. The smallest absolute Gasteiger partial charge is 0.231 e. The summed E-state index contributed by atoms with van der Waals surface area (Å²) in [5.74, 6) is 4.30. The number of carbonyl (C=O) groups excluding carboxylic acids is 1. The molecule has 0 spiro atoms. The van der Waals surface area contributed by atoms with Crippen molar-refractivity contribution in [2.75, 3.05) is 13.4 Å². The van der Waals surface area contributed by atoms with Crippen molar-refractivity contribution < 1.29 is 19.0 Å². The van der Waals surface area contributed by atoms with Gasteiger partial charge in [0, 0.05) is 6.07 Å². The second kappa shape index (κ2) is 4.69. The monoisotopic (exact) mass is 274 g/mol. The number of aldehydes is 1. The summed E-state index contributed by atoms with van der Waals surface area (Å²) in [5, 5.41) is 0. The first-order chi connectivity index (χ1) is 9.83. The predicted molar refractivity (Wildman–Crippen MR) is 72.4 cm³/mol. The van der Waals surface area contributed by atoms with E-state index in [1.807, 2.05) is 0 Å². The van der Waals surface area contributed by atoms with Gasteiger partial charge in [-0.25, -0.2) is 0 Å². The van der Waals surface area contributed by atoms with Gasteiger partial charge in [0.2, 0.25) is 6.79 Å². The van der Waals surface area contributed by atoms with Crippen LogP contribution in [0.15, 0.2) is 12.1 Å². The van der Waals surface area contributed by atoms with Crippen LogP contribution < -0.4 is 14.2 Å². The molecule has 1 heterocycles. The Labute approximate surface area is 118 Å². The highest BCUT2D eigenvalue weighted by Gasteiger charge is 2.39. The van der Waals surface area contributed by atoms with E-state index in [-0.39, 0.29) is 6.79 Å². The van der Waals surface area contributed by atoms with Crippen molar-refractivity contribution in [3.63, 3.8) is 0 Å². The van der Waals surface area contributed by atoms with E-state index in [4.69, 9.17) is 14.2 Å². The summed E-state index contributed by atoms with van der Waals surface area (Å²) in [5.41, 5.74) is 0.539. The lowest BCUT2D eigenvalue weighted by molar-refractivity contribution is 0.111. The summed E-state index contributed by atoms with van der Waals surface area (Å²) in [4.78, 5) is 11.2. The van der Waals surface area contributed by atoms with Gasteiger partial charge in [-0.2, -0.15) is 0 Å². The molecule has 0 amide bonds. The van der Waals surface area contributed by atoms with Crippen LogP contribution in [-0.4, -0.2) is 19.7 Å². The van der Waals surface area contributed by atoms with Crippen molar-refractivity contribution in [3.05, 3.63) is 17.7 Å². The third-order valence-electron chi connectivity index (χ3n) is 4.97. The third kappa shape index (κ3) is 1.94. The molecule has 2 saturated carbocycles. The zero-order valence-corrected chi connectivity index (χ0v) is 11.3. The zero-order chi connectivity index (χ0) is 13.5. The molecule has 106 valence electrons. The van der Waals surface area contributed by atoms with Gasteiger partial charge in [-0.1, -0.05) is 6.42 Å². The molecule has 0 N–H and O–H groups in total. The molecule has 2 fully saturated rings. The lowest BCUT2D eigenvalue weighted by Crippen LogP contribution is -2.18. The normalized spacial score (nSPS) is 29.7. The van der Waals surface area contributed by atoms with Crippen molar-refractivity contribution in [1.82, 2.24) is 0 Å². The Morgan fingerprint density at radius 3 is 2.75 bits per heavy atom. The fourth-order valence-corrected chi connectivity index (χ4v) is 3.93. The largest absolute Gasteiger partial charge is 0.492 e. The molecule has 0 saturated heterocycles. The molecule has 0 radical (unpaired) electrons. The van der Waals surface area contributed by atoms with Crippen molar-refractivity contribution in [2.45, 2.75) is 25.7 Å². The number of hydrogen-bond donors (Lipinski definition) is 0. The molecular weight excluding hydrogens is 256 g/mol. The first kappa shape index (κ1) is 12.1. The van der Waals surface area contributed by atoms with Gasteiger partial charge < -0.3 is 14.2 Å². The van der Waals surface area contributed by atoms with Gasteiger partial charge in [0.1, 0.15) is 5.75 Å². The highest BCUT2D eigenvalue weighted by molar-refractivity contribution is 5.81. The molecule has 2 aliphatic carbocycles. The number of carbonyl (C=O) groups is 1. The first-order valence-corrected chi connectivity index (χ1v) is 7.35. The maximum atomic E-state index is 11.2. The molecule has 0 aromatic heterocycles. The van der Waals surface area contributed by atoms with Crippen LogP contribution in [0.5, 0.6) is 17.2 Å². The van der Waals surface area contributed by atoms with E-state index in [0.717, 1.165) is 18.1 Å². The molecule has 4 nitrogen and oxygen atoms in total. The van der Waals surface area contributed by atoms with Crippen molar-refractivity contribution >= 4 is 6.29 Å². The lowest BCUT2D eigenvalue weighted by atomic mass is 9.89. The molecular formula is C16H18O4. The van der Waals surface area contributed by atoms with Gasteiger partial charge in [0.25, 0.3) is 0 Å². The van der Waals surface area contributed by atoms with Crippen molar-refractivity contribution in [1.29, 1.82) is 0 Å². The summed E-state index contributed by atoms with van der Waals surface area (Å²) >= 11 is 0. The first-order valence-electron chi connectivity index (χ1n) is 7.35. The fraction of sp³-hybridized carbons (Fsp3) is 0.562. The summed E-state index contributed by atoms with van der Waals surface area (Å²) in [6.45, 7) is 0.922. The summed E-state index contributed by atoms with van der Waals surface area (Å²) in [7, 11) is 0. The number of benzene rings is 1. The maximum absolute atomic E-state index is 11.2. The van der Waals surface area contributed by atoms with E-state index in [1.54, 1.807) is 12.1 Å². The van der Waals surface area contributed by atoms with Crippen LogP contribution in [0, 0.1) is 17.8 Å². The molecule has 3 atom stereocenters. The Morgan fingerprint density at radius 2 is 2.05 bits per heavy atom. The third-order valence-corrected chi connectivity index (χ3v) is 4.97. The highest BCUT2D eigenvalue weighted by atomic mass is 16.7. The number of ether oxygens (including phenoxy) is 3. The minimum Gasteiger partial charge on any atom is -0.492 e. The molecule has 3 aliphatic rings. The van der Waals surface area contributed by atoms with Crippen LogP contribution in [0.1, 0.15) is 36.0 Å². The SMILES string of the molecule is O=Cc1cc2c(cc1OCC1CC3CCC1C3)OCO2. The van der Waals surface area contributed by atoms with E-state index >= 15 is 0 Å². The molecule has 4 rings (SSSR count). The van der Waals surface area contributed by atoms with Gasteiger partial charge >= 0.3 is 0 Å². The van der Waals surface area contributed by atoms with Crippen LogP contribution in [0.2, 0.25) is 0 Å². The highest BCUT2D eigenvalue weighted by Crippen LogP contribution is 2.48. The molecule has 1 aromatic rings. The topological polar surface area (TPSA) is 44.8 Å². The van der Waals surface area contributed by atoms with Crippen LogP contribution in [0.3, 0.4) is 0 Å². The van der Waals surface area contributed by atoms with Crippen LogP contribution >= 0.6 is 0 Å². The molecule has 1 aromatic carbocycles. The second-order valence-electron chi connectivity index (χ2n) is 6.11. The van der Waals surface area contributed by atoms with Gasteiger partial charge in [-0.05, 0) is 43.1 Å². The minimum atomic E-state index is 0.212. The van der Waals surface area contributed by atoms with E-state index < -0.39 is 0 Å². The molecule has 1 aliphatic heterocycles. The predicted octanol–water partition coefficient (Wildman–Crippen LogP) is 3.04. The Hall–Kier alpha value is -1.71. The minimum absolute atomic E-state index is 0.212. The molecule has 3 unspecified atom stereocenters. The number of rotatable bonds is 4. The Bertz CT molecular complexity index is 540. The van der Waals surface area contributed by atoms with Gasteiger partial charge in [0.05, 0.1) is 12.2 Å². The Morgan fingerprint density at radius 1 is 1.20 bits per heavy atom. The van der Waals surface area contributed by atoms with Gasteiger partial charge in [0.15, 0.2) is 17.8 Å². The van der Waals surface area contributed by atoms with Crippen molar-refractivity contribution in [2.24, 2.45) is 17.8 Å². The summed E-state index contributed by atoms with van der Waals surface area (Å²) < 4.78 is 16.5. The van der Waals surface area contributed by atoms with Gasteiger partial charge in [-0.15, -0.1) is 0 Å². The van der Waals surface area contributed by atoms with E-state index in [2.05, 4.69) is 0 Å². The van der Waals surface area contributed by atoms with E-state index in [1.165, 1.54) is 25.7 Å². The Balaban J connectivity index is 1.49. The van der Waals surface area contributed by atoms with E-state index in [9.17, 15) is 4.79 Å². The van der Waals surface area contributed by atoms with Gasteiger partial charge in [-0.3, -0.25) is 4.79 Å². The zero-order valence-electron chi connectivity index (χ0n) is 11.3. The molecule has 20 heavy (non-hydrogen) atoms. The molecule has 4 heteroatoms. The van der Waals surface area contributed by atoms with Crippen molar-refractivity contribution in [3.8, 4) is 17.2 Å². The average molecular weight is 274 g/mol. The van der Waals surface area contributed by atoms with Crippen LogP contribution in [0.25, 0.3) is 0 Å². The van der Waals surface area contributed by atoms with Crippen LogP contribution in [0.4, 0.5) is 0 Å². The lowest BCUT2D eigenvalue weighted by Gasteiger charge is -2.22.